The lowest BCUT2D eigenvalue weighted by Gasteiger charge is -2.07. The Labute approximate surface area is 106 Å². The van der Waals surface area contributed by atoms with Crippen molar-refractivity contribution in [2.24, 2.45) is 0 Å². The Bertz CT molecular complexity index is 385. The highest BCUT2D eigenvalue weighted by molar-refractivity contribution is 7.99. The van der Waals surface area contributed by atoms with Crippen molar-refractivity contribution < 1.29 is 9.90 Å². The van der Waals surface area contributed by atoms with Crippen LogP contribution in [0, 0.1) is 0 Å². The van der Waals surface area contributed by atoms with Crippen molar-refractivity contribution in [3.63, 3.8) is 0 Å². The van der Waals surface area contributed by atoms with E-state index in [1.807, 2.05) is 23.9 Å². The van der Waals surface area contributed by atoms with Crippen LogP contribution in [0.1, 0.15) is 13.8 Å². The summed E-state index contributed by atoms with van der Waals surface area (Å²) < 4.78 is 0. The van der Waals surface area contributed by atoms with Crippen molar-refractivity contribution in [1.82, 2.24) is 0 Å². The molecular formula is C13H17NO2S. The number of thioether (sulfide) groups is 1. The maximum atomic E-state index is 10.2. The van der Waals surface area contributed by atoms with E-state index in [0.717, 1.165) is 11.8 Å². The van der Waals surface area contributed by atoms with Gasteiger partial charge in [0.1, 0.15) is 0 Å². The number of hydrogen-bond donors (Lipinski definition) is 2. The van der Waals surface area contributed by atoms with Crippen LogP contribution in [0.25, 0.3) is 0 Å². The molecule has 4 heteroatoms. The lowest BCUT2D eigenvalue weighted by Crippen LogP contribution is -1.99. The summed E-state index contributed by atoms with van der Waals surface area (Å²) in [7, 11) is 0. The van der Waals surface area contributed by atoms with E-state index >= 15 is 0 Å². The molecule has 1 rings (SSSR count). The predicted molar refractivity (Wildman–Crippen MR) is 72.7 cm³/mol. The molecule has 0 aliphatic rings. The van der Waals surface area contributed by atoms with E-state index in [-0.39, 0.29) is 0 Å². The summed E-state index contributed by atoms with van der Waals surface area (Å²) >= 11 is 1.82. The fourth-order valence-electron chi connectivity index (χ4n) is 1.26. The maximum Gasteiger partial charge on any atom is 0.328 e. The standard InChI is InChI=1S/C13H17NO2S/c1-10(2)17-12-7-5-11(6-8-12)14-9-3-4-13(15)16/h3-8,10,14H,9H2,1-2H3,(H,15,16)/b4-3+. The third kappa shape index (κ3) is 6.02. The van der Waals surface area contributed by atoms with E-state index < -0.39 is 5.97 Å². The fourth-order valence-corrected chi connectivity index (χ4v) is 2.10. The van der Waals surface area contributed by atoms with Gasteiger partial charge in [0.2, 0.25) is 0 Å². The second-order valence-corrected chi connectivity index (χ2v) is 5.46. The number of anilines is 1. The van der Waals surface area contributed by atoms with Crippen molar-refractivity contribution in [3.8, 4) is 0 Å². The molecule has 0 aliphatic carbocycles. The second-order valence-electron chi connectivity index (χ2n) is 3.81. The first-order valence-corrected chi connectivity index (χ1v) is 6.36. The van der Waals surface area contributed by atoms with Gasteiger partial charge in [-0.1, -0.05) is 19.9 Å². The van der Waals surface area contributed by atoms with Gasteiger partial charge in [0, 0.05) is 28.5 Å². The molecule has 0 saturated heterocycles. The second kappa shape index (κ2) is 7.01. The Morgan fingerprint density at radius 2 is 2.06 bits per heavy atom. The van der Waals surface area contributed by atoms with Gasteiger partial charge in [0.15, 0.2) is 0 Å². The molecule has 0 spiro atoms. The molecule has 0 bridgehead atoms. The molecule has 0 atom stereocenters. The minimum absolute atomic E-state index is 0.517. The molecule has 0 heterocycles. The highest BCUT2D eigenvalue weighted by atomic mass is 32.2. The summed E-state index contributed by atoms with van der Waals surface area (Å²) in [6, 6.07) is 8.13. The average Bonchev–Trinajstić information content (AvgIpc) is 2.25. The van der Waals surface area contributed by atoms with Gasteiger partial charge in [0.25, 0.3) is 0 Å². The Morgan fingerprint density at radius 1 is 1.41 bits per heavy atom. The largest absolute Gasteiger partial charge is 0.478 e. The van der Waals surface area contributed by atoms with E-state index in [4.69, 9.17) is 5.11 Å². The molecule has 3 nitrogen and oxygen atoms in total. The van der Waals surface area contributed by atoms with Gasteiger partial charge in [-0.05, 0) is 24.3 Å². The minimum Gasteiger partial charge on any atom is -0.478 e. The van der Waals surface area contributed by atoms with Crippen LogP contribution in [0.15, 0.2) is 41.3 Å². The number of hydrogen-bond acceptors (Lipinski definition) is 3. The summed E-state index contributed by atoms with van der Waals surface area (Å²) in [5.74, 6) is -0.921. The van der Waals surface area contributed by atoms with E-state index in [1.165, 1.54) is 4.90 Å². The highest BCUT2D eigenvalue weighted by Crippen LogP contribution is 2.23. The number of carboxylic acid groups (broad SMARTS) is 1. The third-order valence-electron chi connectivity index (χ3n) is 1.91. The van der Waals surface area contributed by atoms with Crippen LogP contribution >= 0.6 is 11.8 Å². The average molecular weight is 251 g/mol. The number of nitrogens with one attached hydrogen (secondary N) is 1. The zero-order chi connectivity index (χ0) is 12.7. The van der Waals surface area contributed by atoms with Crippen LogP contribution in [-0.4, -0.2) is 22.9 Å². The van der Waals surface area contributed by atoms with Crippen LogP contribution in [0.3, 0.4) is 0 Å². The molecular weight excluding hydrogens is 234 g/mol. The van der Waals surface area contributed by atoms with Crippen LogP contribution in [-0.2, 0) is 4.79 Å². The van der Waals surface area contributed by atoms with E-state index in [2.05, 4.69) is 31.3 Å². The molecule has 92 valence electrons. The summed E-state index contributed by atoms with van der Waals surface area (Å²) in [5.41, 5.74) is 0.994. The molecule has 1 aromatic carbocycles. The Kier molecular flexibility index (Phi) is 5.63. The first-order chi connectivity index (χ1) is 8.08. The molecule has 0 radical (unpaired) electrons. The van der Waals surface area contributed by atoms with Crippen molar-refractivity contribution >= 4 is 23.4 Å². The lowest BCUT2D eigenvalue weighted by molar-refractivity contribution is -0.131. The monoisotopic (exact) mass is 251 g/mol. The van der Waals surface area contributed by atoms with Gasteiger partial charge in [-0.3, -0.25) is 0 Å². The number of rotatable bonds is 6. The number of aliphatic carboxylic acids is 1. The fraction of sp³-hybridized carbons (Fsp3) is 0.308. The molecule has 0 amide bonds. The molecule has 0 saturated carbocycles. The zero-order valence-electron chi connectivity index (χ0n) is 10.0. The highest BCUT2D eigenvalue weighted by Gasteiger charge is 1.97. The molecule has 17 heavy (non-hydrogen) atoms. The van der Waals surface area contributed by atoms with Crippen molar-refractivity contribution in [3.05, 3.63) is 36.4 Å². The van der Waals surface area contributed by atoms with E-state index in [9.17, 15) is 4.79 Å². The van der Waals surface area contributed by atoms with Gasteiger partial charge in [-0.2, -0.15) is 0 Å². The summed E-state index contributed by atoms with van der Waals surface area (Å²) in [4.78, 5) is 11.5. The van der Waals surface area contributed by atoms with Gasteiger partial charge in [0.05, 0.1) is 0 Å². The van der Waals surface area contributed by atoms with Gasteiger partial charge >= 0.3 is 5.97 Å². The first kappa shape index (κ1) is 13.6. The quantitative estimate of drug-likeness (QED) is 0.602. The molecule has 0 fully saturated rings. The van der Waals surface area contributed by atoms with Crippen LogP contribution in [0.2, 0.25) is 0 Å². The maximum absolute atomic E-state index is 10.2. The molecule has 0 aromatic heterocycles. The predicted octanol–water partition coefficient (Wildman–Crippen LogP) is 3.24. The Balaban J connectivity index is 2.43. The summed E-state index contributed by atoms with van der Waals surface area (Å²) in [5, 5.41) is 12.1. The molecule has 2 N–H and O–H groups in total. The molecule has 0 aliphatic heterocycles. The summed E-state index contributed by atoms with van der Waals surface area (Å²) in [6.07, 6.45) is 2.72. The number of benzene rings is 1. The van der Waals surface area contributed by atoms with Crippen molar-refractivity contribution in [2.75, 3.05) is 11.9 Å². The zero-order valence-corrected chi connectivity index (χ0v) is 10.8. The minimum atomic E-state index is -0.921. The first-order valence-electron chi connectivity index (χ1n) is 5.48. The van der Waals surface area contributed by atoms with Crippen molar-refractivity contribution in [2.45, 2.75) is 24.0 Å². The normalized spacial score (nSPS) is 11.0. The summed E-state index contributed by atoms with van der Waals surface area (Å²) in [6.45, 7) is 4.84. The number of carboxylic acids is 1. The van der Waals surface area contributed by atoms with E-state index in [0.29, 0.717) is 11.8 Å². The Hall–Kier alpha value is -1.42. The van der Waals surface area contributed by atoms with Crippen LogP contribution in [0.4, 0.5) is 5.69 Å². The molecule has 1 aromatic rings. The van der Waals surface area contributed by atoms with Crippen molar-refractivity contribution in [1.29, 1.82) is 0 Å². The van der Waals surface area contributed by atoms with Crippen LogP contribution in [0.5, 0.6) is 0 Å². The number of carbonyl (C=O) groups is 1. The van der Waals surface area contributed by atoms with E-state index in [1.54, 1.807) is 6.08 Å². The molecule has 0 unspecified atom stereocenters. The van der Waals surface area contributed by atoms with Gasteiger partial charge in [-0.15, -0.1) is 11.8 Å². The topological polar surface area (TPSA) is 49.3 Å². The lowest BCUT2D eigenvalue weighted by atomic mass is 10.3. The Morgan fingerprint density at radius 3 is 2.59 bits per heavy atom. The van der Waals surface area contributed by atoms with Gasteiger partial charge < -0.3 is 10.4 Å². The third-order valence-corrected chi connectivity index (χ3v) is 2.93. The SMILES string of the molecule is CC(C)Sc1ccc(NC/C=C/C(=O)O)cc1. The van der Waals surface area contributed by atoms with Gasteiger partial charge in [-0.25, -0.2) is 4.79 Å². The smallest absolute Gasteiger partial charge is 0.328 e. The van der Waals surface area contributed by atoms with Crippen LogP contribution < -0.4 is 5.32 Å².